The Morgan fingerprint density at radius 2 is 2.00 bits per heavy atom. The highest BCUT2D eigenvalue weighted by molar-refractivity contribution is 6.30. The number of nitrogens with one attached hydrogen (secondary N) is 1. The SMILES string of the molecule is CCNC(Cc1ccccc1OC)c1ccc(Cl)c(F)c1. The van der Waals surface area contributed by atoms with Gasteiger partial charge in [0.05, 0.1) is 12.1 Å². The van der Waals surface area contributed by atoms with Gasteiger partial charge >= 0.3 is 0 Å². The third-order valence-electron chi connectivity index (χ3n) is 3.41. The lowest BCUT2D eigenvalue weighted by Gasteiger charge is -2.20. The van der Waals surface area contributed by atoms with Crippen molar-refractivity contribution in [3.05, 3.63) is 64.4 Å². The van der Waals surface area contributed by atoms with E-state index >= 15 is 0 Å². The Balaban J connectivity index is 2.28. The van der Waals surface area contributed by atoms with Crippen molar-refractivity contribution < 1.29 is 9.13 Å². The second-order valence-electron chi connectivity index (χ2n) is 4.80. The highest BCUT2D eigenvalue weighted by Gasteiger charge is 2.15. The fourth-order valence-electron chi connectivity index (χ4n) is 2.37. The molecule has 2 aromatic carbocycles. The molecule has 0 aliphatic carbocycles. The van der Waals surface area contributed by atoms with Gasteiger partial charge in [0, 0.05) is 6.04 Å². The molecule has 0 bridgehead atoms. The van der Waals surface area contributed by atoms with Crippen LogP contribution in [-0.2, 0) is 6.42 Å². The Labute approximate surface area is 129 Å². The molecule has 1 unspecified atom stereocenters. The third-order valence-corrected chi connectivity index (χ3v) is 3.72. The normalized spacial score (nSPS) is 12.2. The molecule has 1 N–H and O–H groups in total. The van der Waals surface area contributed by atoms with E-state index in [0.29, 0.717) is 0 Å². The molecule has 0 aliphatic heterocycles. The summed E-state index contributed by atoms with van der Waals surface area (Å²) in [5.41, 5.74) is 1.96. The van der Waals surface area contributed by atoms with Gasteiger partial charge in [-0.15, -0.1) is 0 Å². The number of hydrogen-bond donors (Lipinski definition) is 1. The van der Waals surface area contributed by atoms with Gasteiger partial charge in [-0.25, -0.2) is 4.39 Å². The number of methoxy groups -OCH3 is 1. The zero-order valence-electron chi connectivity index (χ0n) is 12.2. The maximum absolute atomic E-state index is 13.7. The van der Waals surface area contributed by atoms with E-state index in [2.05, 4.69) is 5.32 Å². The van der Waals surface area contributed by atoms with Gasteiger partial charge in [0.15, 0.2) is 0 Å². The maximum atomic E-state index is 13.7. The summed E-state index contributed by atoms with van der Waals surface area (Å²) in [6.07, 6.45) is 0.721. The van der Waals surface area contributed by atoms with Crippen molar-refractivity contribution in [1.82, 2.24) is 5.32 Å². The average molecular weight is 308 g/mol. The van der Waals surface area contributed by atoms with Gasteiger partial charge in [-0.05, 0) is 42.3 Å². The van der Waals surface area contributed by atoms with Crippen molar-refractivity contribution in [2.75, 3.05) is 13.7 Å². The standard InChI is InChI=1S/C17H19ClFNO/c1-3-20-16(12-8-9-14(18)15(19)10-12)11-13-6-4-5-7-17(13)21-2/h4-10,16,20H,3,11H2,1-2H3. The first-order chi connectivity index (χ1) is 10.2. The highest BCUT2D eigenvalue weighted by atomic mass is 35.5. The number of ether oxygens (including phenoxy) is 1. The van der Waals surface area contributed by atoms with Crippen LogP contribution in [-0.4, -0.2) is 13.7 Å². The van der Waals surface area contributed by atoms with Gasteiger partial charge in [0.25, 0.3) is 0 Å². The average Bonchev–Trinajstić information content (AvgIpc) is 2.50. The Morgan fingerprint density at radius 3 is 2.67 bits per heavy atom. The van der Waals surface area contributed by atoms with Crippen molar-refractivity contribution in [3.63, 3.8) is 0 Å². The van der Waals surface area contributed by atoms with Crippen molar-refractivity contribution in [3.8, 4) is 5.75 Å². The number of halogens is 2. The predicted molar refractivity (Wildman–Crippen MR) is 84.5 cm³/mol. The van der Waals surface area contributed by atoms with Crippen LogP contribution in [0.5, 0.6) is 5.75 Å². The minimum atomic E-state index is -0.392. The number of benzene rings is 2. The highest BCUT2D eigenvalue weighted by Crippen LogP contribution is 2.26. The van der Waals surface area contributed by atoms with Gasteiger partial charge in [-0.2, -0.15) is 0 Å². The molecule has 1 atom stereocenters. The monoisotopic (exact) mass is 307 g/mol. The first-order valence-electron chi connectivity index (χ1n) is 6.96. The molecule has 21 heavy (non-hydrogen) atoms. The van der Waals surface area contributed by atoms with E-state index in [1.165, 1.54) is 6.07 Å². The van der Waals surface area contributed by atoms with E-state index in [1.54, 1.807) is 13.2 Å². The van der Waals surface area contributed by atoms with Crippen LogP contribution < -0.4 is 10.1 Å². The van der Waals surface area contributed by atoms with E-state index in [-0.39, 0.29) is 11.1 Å². The van der Waals surface area contributed by atoms with Gasteiger partial charge in [0.2, 0.25) is 0 Å². The summed E-state index contributed by atoms with van der Waals surface area (Å²) in [4.78, 5) is 0. The Kier molecular flexibility index (Phi) is 5.59. The van der Waals surface area contributed by atoms with Crippen LogP contribution in [0.25, 0.3) is 0 Å². The van der Waals surface area contributed by atoms with Crippen LogP contribution in [0.4, 0.5) is 4.39 Å². The largest absolute Gasteiger partial charge is 0.496 e. The van der Waals surface area contributed by atoms with E-state index in [9.17, 15) is 4.39 Å². The van der Waals surface area contributed by atoms with Crippen LogP contribution in [0, 0.1) is 5.82 Å². The first kappa shape index (κ1) is 15.8. The van der Waals surface area contributed by atoms with E-state index < -0.39 is 5.82 Å². The molecule has 0 amide bonds. The molecule has 4 heteroatoms. The molecule has 0 saturated carbocycles. The molecule has 2 nitrogen and oxygen atoms in total. The molecule has 112 valence electrons. The summed E-state index contributed by atoms with van der Waals surface area (Å²) >= 11 is 5.75. The quantitative estimate of drug-likeness (QED) is 0.855. The van der Waals surface area contributed by atoms with Crippen LogP contribution in [0.3, 0.4) is 0 Å². The lowest BCUT2D eigenvalue weighted by Crippen LogP contribution is -2.23. The molecular formula is C17H19ClFNO. The van der Waals surface area contributed by atoms with Crippen molar-refractivity contribution >= 4 is 11.6 Å². The molecule has 2 aromatic rings. The van der Waals surface area contributed by atoms with Gasteiger partial charge < -0.3 is 10.1 Å². The molecule has 0 spiro atoms. The summed E-state index contributed by atoms with van der Waals surface area (Å²) in [5.74, 6) is 0.451. The molecule has 0 aliphatic rings. The molecule has 2 rings (SSSR count). The van der Waals surface area contributed by atoms with Gasteiger partial charge in [-0.3, -0.25) is 0 Å². The maximum Gasteiger partial charge on any atom is 0.142 e. The second-order valence-corrected chi connectivity index (χ2v) is 5.21. The predicted octanol–water partition coefficient (Wildman–Crippen LogP) is 4.38. The Bertz CT molecular complexity index is 603. The zero-order chi connectivity index (χ0) is 15.2. The van der Waals surface area contributed by atoms with E-state index in [0.717, 1.165) is 29.8 Å². The molecule has 0 radical (unpaired) electrons. The minimum absolute atomic E-state index is 0.0121. The number of para-hydroxylation sites is 1. The number of likely N-dealkylation sites (N-methyl/N-ethyl adjacent to an activating group) is 1. The van der Waals surface area contributed by atoms with Crippen molar-refractivity contribution in [2.45, 2.75) is 19.4 Å². The summed E-state index contributed by atoms with van der Waals surface area (Å²) in [6, 6.07) is 12.8. The molecule has 0 aromatic heterocycles. The topological polar surface area (TPSA) is 21.3 Å². The van der Waals surface area contributed by atoms with Crippen molar-refractivity contribution in [1.29, 1.82) is 0 Å². The van der Waals surface area contributed by atoms with Gasteiger partial charge in [0.1, 0.15) is 11.6 Å². The lowest BCUT2D eigenvalue weighted by atomic mass is 9.98. The summed E-state index contributed by atoms with van der Waals surface area (Å²) < 4.78 is 19.1. The zero-order valence-corrected chi connectivity index (χ0v) is 13.0. The van der Waals surface area contributed by atoms with E-state index in [4.69, 9.17) is 16.3 Å². The Hall–Kier alpha value is -1.58. The van der Waals surface area contributed by atoms with Crippen LogP contribution in [0.15, 0.2) is 42.5 Å². The summed E-state index contributed by atoms with van der Waals surface area (Å²) in [6.45, 7) is 2.82. The van der Waals surface area contributed by atoms with E-state index in [1.807, 2.05) is 37.3 Å². The van der Waals surface area contributed by atoms with Crippen LogP contribution in [0.1, 0.15) is 24.1 Å². The van der Waals surface area contributed by atoms with Crippen molar-refractivity contribution in [2.24, 2.45) is 0 Å². The second kappa shape index (κ2) is 7.43. The van der Waals surface area contributed by atoms with Gasteiger partial charge in [-0.1, -0.05) is 42.8 Å². The lowest BCUT2D eigenvalue weighted by molar-refractivity contribution is 0.405. The minimum Gasteiger partial charge on any atom is -0.496 e. The number of rotatable bonds is 6. The summed E-state index contributed by atoms with van der Waals surface area (Å²) in [5, 5.41) is 3.52. The number of hydrogen-bond acceptors (Lipinski definition) is 2. The Morgan fingerprint density at radius 1 is 1.24 bits per heavy atom. The van der Waals surface area contributed by atoms with Crippen LogP contribution in [0.2, 0.25) is 5.02 Å². The van der Waals surface area contributed by atoms with Crippen LogP contribution >= 0.6 is 11.6 Å². The fourth-order valence-corrected chi connectivity index (χ4v) is 2.49. The fraction of sp³-hybridized carbons (Fsp3) is 0.294. The molecule has 0 fully saturated rings. The third kappa shape index (κ3) is 3.96. The first-order valence-corrected chi connectivity index (χ1v) is 7.33. The molecule has 0 heterocycles. The molecule has 0 saturated heterocycles. The summed E-state index contributed by atoms with van der Waals surface area (Å²) in [7, 11) is 1.66. The molecular weight excluding hydrogens is 289 g/mol. The smallest absolute Gasteiger partial charge is 0.142 e.